The Morgan fingerprint density at radius 1 is 1.00 bits per heavy atom. The predicted molar refractivity (Wildman–Crippen MR) is 131 cm³/mol. The normalized spacial score (nSPS) is 10.0. The molecule has 11 heteroatoms. The Balaban J connectivity index is 0.00000408. The standard InChI is InChI=1S/C23H22ClN5O4.ClH/c24-18-7-17(8-19(10-18)32-12-14-3-5-28-6-4-14)23(31)29-11-16-2-1-15(22(26)27)9-20(16)33-13-21(25)30;/h1-10H,11-13H2,(H2,25,30)(H3,26,27)(H,29,31);1H. The number of pyridine rings is 1. The molecule has 0 fully saturated rings. The topological polar surface area (TPSA) is 153 Å². The molecule has 0 aliphatic heterocycles. The number of carbonyl (C=O) groups is 2. The van der Waals surface area contributed by atoms with Crippen LogP contribution in [0.25, 0.3) is 0 Å². The number of benzene rings is 2. The van der Waals surface area contributed by atoms with Crippen LogP contribution in [0.2, 0.25) is 5.02 Å². The number of amidine groups is 1. The molecule has 1 aromatic heterocycles. The zero-order chi connectivity index (χ0) is 23.8. The first kappa shape index (κ1) is 26.4. The van der Waals surface area contributed by atoms with Crippen LogP contribution in [0.3, 0.4) is 0 Å². The molecule has 0 radical (unpaired) electrons. The number of hydrogen-bond donors (Lipinski definition) is 4. The van der Waals surface area contributed by atoms with Crippen LogP contribution in [0, 0.1) is 5.41 Å². The van der Waals surface area contributed by atoms with Crippen molar-refractivity contribution >= 4 is 41.7 Å². The molecule has 0 spiro atoms. The van der Waals surface area contributed by atoms with Crippen molar-refractivity contribution in [1.29, 1.82) is 5.41 Å². The first-order valence-electron chi connectivity index (χ1n) is 9.80. The van der Waals surface area contributed by atoms with Gasteiger partial charge in [-0.2, -0.15) is 0 Å². The number of amides is 2. The third-order valence-corrected chi connectivity index (χ3v) is 4.69. The molecule has 0 atom stereocenters. The van der Waals surface area contributed by atoms with E-state index < -0.39 is 5.91 Å². The summed E-state index contributed by atoms with van der Waals surface area (Å²) < 4.78 is 11.2. The van der Waals surface area contributed by atoms with Crippen molar-refractivity contribution in [3.8, 4) is 11.5 Å². The average molecular weight is 504 g/mol. The summed E-state index contributed by atoms with van der Waals surface area (Å²) >= 11 is 6.17. The van der Waals surface area contributed by atoms with Gasteiger partial charge in [-0.15, -0.1) is 12.4 Å². The maximum atomic E-state index is 12.7. The van der Waals surface area contributed by atoms with E-state index in [0.717, 1.165) is 5.56 Å². The van der Waals surface area contributed by atoms with Crippen LogP contribution in [-0.4, -0.2) is 29.2 Å². The van der Waals surface area contributed by atoms with Crippen molar-refractivity contribution in [3.05, 3.63) is 88.2 Å². The molecule has 0 aliphatic rings. The van der Waals surface area contributed by atoms with E-state index in [-0.39, 0.29) is 43.1 Å². The molecule has 178 valence electrons. The Kier molecular flexibility index (Phi) is 9.66. The monoisotopic (exact) mass is 503 g/mol. The lowest BCUT2D eigenvalue weighted by molar-refractivity contribution is -0.119. The Labute approximate surface area is 207 Å². The highest BCUT2D eigenvalue weighted by Crippen LogP contribution is 2.23. The lowest BCUT2D eigenvalue weighted by Gasteiger charge is -2.14. The summed E-state index contributed by atoms with van der Waals surface area (Å²) in [7, 11) is 0. The fourth-order valence-corrected chi connectivity index (χ4v) is 3.08. The Bertz CT molecular complexity index is 1180. The largest absolute Gasteiger partial charge is 0.489 e. The van der Waals surface area contributed by atoms with E-state index in [9.17, 15) is 9.59 Å². The van der Waals surface area contributed by atoms with Crippen molar-refractivity contribution in [2.75, 3.05) is 6.61 Å². The molecule has 0 unspecified atom stereocenters. The van der Waals surface area contributed by atoms with E-state index >= 15 is 0 Å². The fourth-order valence-electron chi connectivity index (χ4n) is 2.85. The molecule has 0 bridgehead atoms. The van der Waals surface area contributed by atoms with E-state index in [1.54, 1.807) is 36.7 Å². The van der Waals surface area contributed by atoms with Crippen molar-refractivity contribution in [2.24, 2.45) is 11.5 Å². The van der Waals surface area contributed by atoms with Crippen LogP contribution in [0.4, 0.5) is 0 Å². The minimum Gasteiger partial charge on any atom is -0.489 e. The molecule has 6 N–H and O–H groups in total. The van der Waals surface area contributed by atoms with Gasteiger partial charge >= 0.3 is 0 Å². The number of carbonyl (C=O) groups excluding carboxylic acids is 2. The molecular weight excluding hydrogens is 481 g/mol. The van der Waals surface area contributed by atoms with Gasteiger partial charge in [-0.25, -0.2) is 0 Å². The summed E-state index contributed by atoms with van der Waals surface area (Å²) in [6, 6.07) is 13.2. The van der Waals surface area contributed by atoms with Crippen molar-refractivity contribution in [3.63, 3.8) is 0 Å². The number of primary amides is 1. The van der Waals surface area contributed by atoms with Crippen LogP contribution in [0.15, 0.2) is 60.9 Å². The van der Waals surface area contributed by atoms with Crippen molar-refractivity contribution in [2.45, 2.75) is 13.2 Å². The van der Waals surface area contributed by atoms with Gasteiger partial charge in [0.05, 0.1) is 0 Å². The molecule has 3 rings (SSSR count). The molecule has 2 amide bonds. The van der Waals surface area contributed by atoms with Crippen molar-refractivity contribution < 1.29 is 19.1 Å². The summed E-state index contributed by atoms with van der Waals surface area (Å²) in [5, 5.41) is 10.7. The van der Waals surface area contributed by atoms with E-state index in [4.69, 9.17) is 38.0 Å². The number of hydrogen-bond acceptors (Lipinski definition) is 6. The SMILES string of the molecule is Cl.N=C(N)c1ccc(CNC(=O)c2cc(Cl)cc(OCc3ccncc3)c2)c(OCC(N)=O)c1. The molecule has 1 heterocycles. The molecule has 0 aliphatic carbocycles. The minimum absolute atomic E-state index is 0. The minimum atomic E-state index is -0.656. The third kappa shape index (κ3) is 7.65. The Morgan fingerprint density at radius 3 is 2.41 bits per heavy atom. The van der Waals surface area contributed by atoms with E-state index in [1.165, 1.54) is 12.1 Å². The van der Waals surface area contributed by atoms with E-state index in [1.807, 2.05) is 12.1 Å². The number of nitrogen functional groups attached to an aromatic ring is 1. The fraction of sp³-hybridized carbons (Fsp3) is 0.130. The molecular formula is C23H23Cl2N5O4. The molecule has 0 saturated heterocycles. The van der Waals surface area contributed by atoms with Crippen LogP contribution in [0.1, 0.15) is 27.0 Å². The van der Waals surface area contributed by atoms with Crippen LogP contribution in [0.5, 0.6) is 11.5 Å². The zero-order valence-corrected chi connectivity index (χ0v) is 19.5. The molecule has 2 aromatic carbocycles. The zero-order valence-electron chi connectivity index (χ0n) is 17.9. The number of rotatable bonds is 10. The highest BCUT2D eigenvalue weighted by Gasteiger charge is 2.13. The summed E-state index contributed by atoms with van der Waals surface area (Å²) in [5.74, 6) is -0.470. The molecule has 9 nitrogen and oxygen atoms in total. The second kappa shape index (κ2) is 12.4. The van der Waals surface area contributed by atoms with Crippen LogP contribution in [-0.2, 0) is 17.9 Å². The van der Waals surface area contributed by atoms with Gasteiger partial charge in [0.2, 0.25) is 0 Å². The van der Waals surface area contributed by atoms with Crippen molar-refractivity contribution in [1.82, 2.24) is 10.3 Å². The number of nitrogens with zero attached hydrogens (tertiary/aromatic N) is 1. The highest BCUT2D eigenvalue weighted by atomic mass is 35.5. The Hall–Kier alpha value is -3.82. The van der Waals surface area contributed by atoms with Gasteiger partial charge in [0.25, 0.3) is 11.8 Å². The lowest BCUT2D eigenvalue weighted by atomic mass is 10.1. The second-order valence-electron chi connectivity index (χ2n) is 6.99. The van der Waals surface area contributed by atoms with E-state index in [0.29, 0.717) is 34.1 Å². The van der Waals surface area contributed by atoms with Gasteiger partial charge in [0, 0.05) is 40.7 Å². The molecule has 0 saturated carbocycles. The summed E-state index contributed by atoms with van der Waals surface area (Å²) in [4.78, 5) is 27.8. The Morgan fingerprint density at radius 2 is 1.74 bits per heavy atom. The number of aromatic nitrogens is 1. The van der Waals surface area contributed by atoms with Gasteiger partial charge in [-0.3, -0.25) is 20.0 Å². The smallest absolute Gasteiger partial charge is 0.255 e. The number of nitrogens with one attached hydrogen (secondary N) is 2. The van der Waals surface area contributed by atoms with Gasteiger partial charge in [0.1, 0.15) is 23.9 Å². The van der Waals surface area contributed by atoms with Gasteiger partial charge < -0.3 is 26.3 Å². The maximum Gasteiger partial charge on any atom is 0.255 e. The number of nitrogens with two attached hydrogens (primary N) is 2. The second-order valence-corrected chi connectivity index (χ2v) is 7.43. The predicted octanol–water partition coefficient (Wildman–Crippen LogP) is 2.81. The quantitative estimate of drug-likeness (QED) is 0.246. The number of halogens is 2. The summed E-state index contributed by atoms with van der Waals surface area (Å²) in [6.07, 6.45) is 3.33. The van der Waals surface area contributed by atoms with Crippen LogP contribution < -0.4 is 26.3 Å². The molecule has 34 heavy (non-hydrogen) atoms. The number of ether oxygens (including phenoxy) is 2. The van der Waals surface area contributed by atoms with Gasteiger partial charge in [-0.1, -0.05) is 23.7 Å². The highest BCUT2D eigenvalue weighted by molar-refractivity contribution is 6.31. The first-order valence-corrected chi connectivity index (χ1v) is 10.2. The van der Waals surface area contributed by atoms with Gasteiger partial charge in [0.15, 0.2) is 6.61 Å². The van der Waals surface area contributed by atoms with Crippen LogP contribution >= 0.6 is 24.0 Å². The lowest BCUT2D eigenvalue weighted by Crippen LogP contribution is -2.24. The summed E-state index contributed by atoms with van der Waals surface area (Å²) in [6.45, 7) is 0.0343. The maximum absolute atomic E-state index is 12.7. The third-order valence-electron chi connectivity index (χ3n) is 4.48. The average Bonchev–Trinajstić information content (AvgIpc) is 2.80. The molecule has 3 aromatic rings. The summed E-state index contributed by atoms with van der Waals surface area (Å²) in [5.41, 5.74) is 12.9. The first-order chi connectivity index (χ1) is 15.8. The van der Waals surface area contributed by atoms with Gasteiger partial charge in [-0.05, 0) is 42.0 Å². The van der Waals surface area contributed by atoms with E-state index in [2.05, 4.69) is 10.3 Å².